The van der Waals surface area contributed by atoms with E-state index in [0.717, 1.165) is 29.7 Å². The third kappa shape index (κ3) is 3.36. The number of nitrogens with one attached hydrogen (secondary N) is 1. The number of carbonyl (C=O) groups is 1. The van der Waals surface area contributed by atoms with E-state index in [-0.39, 0.29) is 5.91 Å². The Kier molecular flexibility index (Phi) is 4.53. The van der Waals surface area contributed by atoms with Gasteiger partial charge >= 0.3 is 0 Å². The number of hydrogen-bond acceptors (Lipinski definition) is 3. The summed E-state index contributed by atoms with van der Waals surface area (Å²) in [5, 5.41) is 5.02. The number of amides is 1. The number of rotatable bonds is 6. The number of fused-ring (bicyclic) bond motifs is 1. The highest BCUT2D eigenvalue weighted by atomic mass is 32.1. The van der Waals surface area contributed by atoms with Crippen LogP contribution in [-0.2, 0) is 24.7 Å². The minimum atomic E-state index is 0.104. The number of aryl methyl sites for hydroxylation is 2. The van der Waals surface area contributed by atoms with Crippen molar-refractivity contribution >= 4 is 28.3 Å². The molecule has 0 aliphatic rings. The molecule has 1 aromatic carbocycles. The van der Waals surface area contributed by atoms with Gasteiger partial charge in [-0.05, 0) is 30.0 Å². The second-order valence-electron chi connectivity index (χ2n) is 5.26. The van der Waals surface area contributed by atoms with Crippen molar-refractivity contribution < 1.29 is 4.79 Å². The average Bonchev–Trinajstić information content (AvgIpc) is 3.15. The van der Waals surface area contributed by atoms with Gasteiger partial charge in [0.15, 0.2) is 0 Å². The number of benzene rings is 1. The first kappa shape index (κ1) is 14.8. The largest absolute Gasteiger partial charge is 0.356 e. The molecule has 22 heavy (non-hydrogen) atoms. The molecular formula is C17H19N3OS. The Bertz CT molecular complexity index is 761. The molecule has 0 bridgehead atoms. The third-order valence-corrected chi connectivity index (χ3v) is 4.67. The summed E-state index contributed by atoms with van der Waals surface area (Å²) < 4.78 is 2.09. The van der Waals surface area contributed by atoms with Crippen LogP contribution in [0.4, 0.5) is 0 Å². The number of carbonyl (C=O) groups excluding carboxylic acids is 1. The Morgan fingerprint density at radius 3 is 2.86 bits per heavy atom. The lowest BCUT2D eigenvalue weighted by Gasteiger charge is -2.05. The molecule has 0 spiro atoms. The van der Waals surface area contributed by atoms with Crippen LogP contribution in [0.5, 0.6) is 0 Å². The fourth-order valence-electron chi connectivity index (χ4n) is 2.51. The first-order valence-electron chi connectivity index (χ1n) is 7.43. The van der Waals surface area contributed by atoms with Crippen LogP contribution in [0.1, 0.15) is 17.1 Å². The molecule has 3 aromatic rings. The lowest BCUT2D eigenvalue weighted by atomic mass is 10.2. The molecule has 0 radical (unpaired) electrons. The molecule has 0 saturated carbocycles. The fraction of sp³-hybridized carbons (Fsp3) is 0.294. The normalized spacial score (nSPS) is 11.0. The number of nitrogens with zero attached hydrogens (tertiary/aromatic N) is 2. The smallest absolute Gasteiger partial charge is 0.220 e. The van der Waals surface area contributed by atoms with Crippen LogP contribution in [0.25, 0.3) is 11.0 Å². The van der Waals surface area contributed by atoms with Crippen molar-refractivity contribution in [3.8, 4) is 0 Å². The first-order valence-corrected chi connectivity index (χ1v) is 8.31. The number of para-hydroxylation sites is 2. The maximum absolute atomic E-state index is 11.9. The molecule has 0 unspecified atom stereocenters. The predicted octanol–water partition coefficient (Wildman–Crippen LogP) is 2.93. The molecule has 0 fully saturated rings. The van der Waals surface area contributed by atoms with Gasteiger partial charge in [0.1, 0.15) is 5.82 Å². The third-order valence-electron chi connectivity index (χ3n) is 3.73. The van der Waals surface area contributed by atoms with Crippen molar-refractivity contribution in [2.75, 3.05) is 6.54 Å². The van der Waals surface area contributed by atoms with Gasteiger partial charge in [-0.3, -0.25) is 4.79 Å². The van der Waals surface area contributed by atoms with Gasteiger partial charge in [0.25, 0.3) is 0 Å². The molecule has 3 rings (SSSR count). The van der Waals surface area contributed by atoms with Gasteiger partial charge in [-0.2, -0.15) is 0 Å². The molecule has 1 N–H and O–H groups in total. The highest BCUT2D eigenvalue weighted by molar-refractivity contribution is 7.09. The summed E-state index contributed by atoms with van der Waals surface area (Å²) in [6.07, 6.45) is 2.11. The molecule has 4 nitrogen and oxygen atoms in total. The minimum Gasteiger partial charge on any atom is -0.356 e. The summed E-state index contributed by atoms with van der Waals surface area (Å²) in [5.41, 5.74) is 2.13. The summed E-state index contributed by atoms with van der Waals surface area (Å²) >= 11 is 1.70. The Balaban J connectivity index is 1.49. The Labute approximate surface area is 133 Å². The standard InChI is InChI=1S/C17H19N3OS/c1-20-15-7-3-2-6-14(15)19-16(20)10-11-18-17(21)9-8-13-5-4-12-22-13/h2-7,12H,8-11H2,1H3,(H,18,21). The van der Waals surface area contributed by atoms with E-state index in [1.54, 1.807) is 11.3 Å². The molecule has 2 aromatic heterocycles. The van der Waals surface area contributed by atoms with E-state index in [4.69, 9.17) is 0 Å². The van der Waals surface area contributed by atoms with Crippen LogP contribution in [0.3, 0.4) is 0 Å². The van der Waals surface area contributed by atoms with Crippen molar-refractivity contribution in [1.82, 2.24) is 14.9 Å². The minimum absolute atomic E-state index is 0.104. The van der Waals surface area contributed by atoms with E-state index in [1.807, 2.05) is 36.7 Å². The van der Waals surface area contributed by atoms with Crippen LogP contribution < -0.4 is 5.32 Å². The Morgan fingerprint density at radius 2 is 2.09 bits per heavy atom. The van der Waals surface area contributed by atoms with Crippen molar-refractivity contribution in [1.29, 1.82) is 0 Å². The number of thiophene rings is 1. The number of hydrogen-bond donors (Lipinski definition) is 1. The van der Waals surface area contributed by atoms with Gasteiger partial charge in [-0.25, -0.2) is 4.98 Å². The summed E-state index contributed by atoms with van der Waals surface area (Å²) in [6, 6.07) is 12.2. The van der Waals surface area contributed by atoms with E-state index in [1.165, 1.54) is 4.88 Å². The van der Waals surface area contributed by atoms with Crippen molar-refractivity contribution in [3.05, 3.63) is 52.5 Å². The SMILES string of the molecule is Cn1c(CCNC(=O)CCc2cccs2)nc2ccccc21. The van der Waals surface area contributed by atoms with Crippen molar-refractivity contribution in [2.45, 2.75) is 19.3 Å². The van der Waals surface area contributed by atoms with Gasteiger partial charge in [0.2, 0.25) is 5.91 Å². The Morgan fingerprint density at radius 1 is 1.23 bits per heavy atom. The maximum atomic E-state index is 11.9. The molecule has 114 valence electrons. The predicted molar refractivity (Wildman–Crippen MR) is 90.1 cm³/mol. The van der Waals surface area contributed by atoms with E-state index in [0.29, 0.717) is 13.0 Å². The quantitative estimate of drug-likeness (QED) is 0.760. The molecule has 0 saturated heterocycles. The van der Waals surface area contributed by atoms with Crippen LogP contribution in [0, 0.1) is 0 Å². The molecule has 1 amide bonds. The molecule has 5 heteroatoms. The molecule has 0 aliphatic carbocycles. The summed E-state index contributed by atoms with van der Waals surface area (Å²) in [6.45, 7) is 0.625. The van der Waals surface area contributed by atoms with Crippen LogP contribution in [-0.4, -0.2) is 22.0 Å². The van der Waals surface area contributed by atoms with Crippen LogP contribution in [0.2, 0.25) is 0 Å². The lowest BCUT2D eigenvalue weighted by molar-refractivity contribution is -0.121. The topological polar surface area (TPSA) is 46.9 Å². The average molecular weight is 313 g/mol. The van der Waals surface area contributed by atoms with Gasteiger partial charge in [0.05, 0.1) is 11.0 Å². The fourth-order valence-corrected chi connectivity index (χ4v) is 3.22. The highest BCUT2D eigenvalue weighted by Gasteiger charge is 2.08. The highest BCUT2D eigenvalue weighted by Crippen LogP contribution is 2.14. The van der Waals surface area contributed by atoms with Gasteiger partial charge in [-0.15, -0.1) is 11.3 Å². The van der Waals surface area contributed by atoms with E-state index >= 15 is 0 Å². The van der Waals surface area contributed by atoms with Crippen LogP contribution >= 0.6 is 11.3 Å². The van der Waals surface area contributed by atoms with E-state index < -0.39 is 0 Å². The second-order valence-corrected chi connectivity index (χ2v) is 6.29. The molecule has 0 aliphatic heterocycles. The zero-order chi connectivity index (χ0) is 15.4. The van der Waals surface area contributed by atoms with Crippen molar-refractivity contribution in [2.24, 2.45) is 7.05 Å². The maximum Gasteiger partial charge on any atom is 0.220 e. The zero-order valence-electron chi connectivity index (χ0n) is 12.6. The monoisotopic (exact) mass is 313 g/mol. The van der Waals surface area contributed by atoms with Crippen molar-refractivity contribution in [3.63, 3.8) is 0 Å². The summed E-state index contributed by atoms with van der Waals surface area (Å²) in [5.74, 6) is 1.10. The van der Waals surface area contributed by atoms with Gasteiger partial charge in [0, 0.05) is 31.3 Å². The Hall–Kier alpha value is -2.14. The zero-order valence-corrected chi connectivity index (χ0v) is 13.4. The molecular weight excluding hydrogens is 294 g/mol. The van der Waals surface area contributed by atoms with Crippen LogP contribution in [0.15, 0.2) is 41.8 Å². The first-order chi connectivity index (χ1) is 10.7. The van der Waals surface area contributed by atoms with E-state index in [9.17, 15) is 4.79 Å². The summed E-state index contributed by atoms with van der Waals surface area (Å²) in [7, 11) is 2.02. The second kappa shape index (κ2) is 6.75. The van der Waals surface area contributed by atoms with Gasteiger partial charge in [-0.1, -0.05) is 18.2 Å². The molecule has 2 heterocycles. The number of aromatic nitrogens is 2. The lowest BCUT2D eigenvalue weighted by Crippen LogP contribution is -2.26. The summed E-state index contributed by atoms with van der Waals surface area (Å²) in [4.78, 5) is 17.7. The molecule has 0 atom stereocenters. The van der Waals surface area contributed by atoms with Gasteiger partial charge < -0.3 is 9.88 Å². The number of imidazole rings is 1. The van der Waals surface area contributed by atoms with E-state index in [2.05, 4.69) is 27.0 Å².